The summed E-state index contributed by atoms with van der Waals surface area (Å²) in [6.07, 6.45) is 1.35. The summed E-state index contributed by atoms with van der Waals surface area (Å²) in [7, 11) is 0. The molecule has 0 amide bonds. The van der Waals surface area contributed by atoms with Crippen molar-refractivity contribution in [2.45, 2.75) is 25.9 Å². The summed E-state index contributed by atoms with van der Waals surface area (Å²) in [6.45, 7) is 3.28. The van der Waals surface area contributed by atoms with Gasteiger partial charge in [0.1, 0.15) is 17.6 Å². The highest BCUT2D eigenvalue weighted by Crippen LogP contribution is 2.36. The SMILES string of the molecule is CCOc1cccc(C(O)c2cccc3c2OCCC3)c1. The average molecular weight is 284 g/mol. The van der Waals surface area contributed by atoms with Gasteiger partial charge in [0, 0.05) is 5.56 Å². The van der Waals surface area contributed by atoms with E-state index in [0.717, 1.165) is 42.1 Å². The molecule has 0 radical (unpaired) electrons. The molecule has 2 aromatic rings. The molecule has 21 heavy (non-hydrogen) atoms. The van der Waals surface area contributed by atoms with Crippen LogP contribution in [0, 0.1) is 0 Å². The predicted octanol–water partition coefficient (Wildman–Crippen LogP) is 3.49. The van der Waals surface area contributed by atoms with Crippen molar-refractivity contribution in [3.8, 4) is 11.5 Å². The summed E-state index contributed by atoms with van der Waals surface area (Å²) in [5, 5.41) is 10.7. The molecule has 3 heteroatoms. The first kappa shape index (κ1) is 14.0. The van der Waals surface area contributed by atoms with Crippen LogP contribution in [0.25, 0.3) is 0 Å². The van der Waals surface area contributed by atoms with E-state index >= 15 is 0 Å². The maximum absolute atomic E-state index is 10.7. The highest BCUT2D eigenvalue weighted by atomic mass is 16.5. The summed E-state index contributed by atoms with van der Waals surface area (Å²) in [5.41, 5.74) is 2.84. The monoisotopic (exact) mass is 284 g/mol. The second kappa shape index (κ2) is 6.19. The molecule has 3 nitrogen and oxygen atoms in total. The number of hydrogen-bond acceptors (Lipinski definition) is 3. The van der Waals surface area contributed by atoms with E-state index < -0.39 is 6.10 Å². The third-order valence-electron chi connectivity index (χ3n) is 3.74. The van der Waals surface area contributed by atoms with Crippen LogP contribution in [0.5, 0.6) is 11.5 Å². The third-order valence-corrected chi connectivity index (χ3v) is 3.74. The number of aliphatic hydroxyl groups excluding tert-OH is 1. The van der Waals surface area contributed by atoms with E-state index in [-0.39, 0.29) is 0 Å². The Labute approximate surface area is 125 Å². The van der Waals surface area contributed by atoms with Crippen LogP contribution >= 0.6 is 0 Å². The zero-order chi connectivity index (χ0) is 14.7. The molecule has 1 N–H and O–H groups in total. The molecule has 1 aliphatic heterocycles. The number of hydrogen-bond donors (Lipinski definition) is 1. The Kier molecular flexibility index (Phi) is 4.11. The van der Waals surface area contributed by atoms with Crippen LogP contribution < -0.4 is 9.47 Å². The van der Waals surface area contributed by atoms with Gasteiger partial charge >= 0.3 is 0 Å². The first-order chi connectivity index (χ1) is 10.3. The van der Waals surface area contributed by atoms with Crippen molar-refractivity contribution in [1.82, 2.24) is 0 Å². The fourth-order valence-corrected chi connectivity index (χ4v) is 2.75. The molecule has 0 fully saturated rings. The van der Waals surface area contributed by atoms with E-state index in [1.54, 1.807) is 0 Å². The Morgan fingerprint density at radius 3 is 2.95 bits per heavy atom. The summed E-state index contributed by atoms with van der Waals surface area (Å²) in [5.74, 6) is 1.62. The van der Waals surface area contributed by atoms with Gasteiger partial charge < -0.3 is 14.6 Å². The molecule has 2 aromatic carbocycles. The third kappa shape index (κ3) is 2.88. The fourth-order valence-electron chi connectivity index (χ4n) is 2.75. The second-order valence-electron chi connectivity index (χ2n) is 5.20. The van der Waals surface area contributed by atoms with Gasteiger partial charge in [-0.1, -0.05) is 30.3 Å². The number of rotatable bonds is 4. The first-order valence-corrected chi connectivity index (χ1v) is 7.45. The van der Waals surface area contributed by atoms with Gasteiger partial charge in [-0.05, 0) is 43.0 Å². The summed E-state index contributed by atoms with van der Waals surface area (Å²) < 4.78 is 11.3. The van der Waals surface area contributed by atoms with Gasteiger partial charge in [0.2, 0.25) is 0 Å². The molecule has 0 aliphatic carbocycles. The van der Waals surface area contributed by atoms with Gasteiger partial charge in [-0.15, -0.1) is 0 Å². The van der Waals surface area contributed by atoms with Crippen molar-refractivity contribution in [3.63, 3.8) is 0 Å². The van der Waals surface area contributed by atoms with Crippen molar-refractivity contribution < 1.29 is 14.6 Å². The summed E-state index contributed by atoms with van der Waals surface area (Å²) in [6, 6.07) is 13.6. The molecule has 1 unspecified atom stereocenters. The number of fused-ring (bicyclic) bond motifs is 1. The van der Waals surface area contributed by atoms with E-state index in [0.29, 0.717) is 6.61 Å². The van der Waals surface area contributed by atoms with Crippen LogP contribution in [0.15, 0.2) is 42.5 Å². The lowest BCUT2D eigenvalue weighted by Gasteiger charge is -2.23. The summed E-state index contributed by atoms with van der Waals surface area (Å²) >= 11 is 0. The zero-order valence-electron chi connectivity index (χ0n) is 12.2. The van der Waals surface area contributed by atoms with Gasteiger partial charge in [-0.3, -0.25) is 0 Å². The van der Waals surface area contributed by atoms with Crippen molar-refractivity contribution in [2.24, 2.45) is 0 Å². The molecule has 1 heterocycles. The highest BCUT2D eigenvalue weighted by Gasteiger charge is 2.20. The smallest absolute Gasteiger partial charge is 0.128 e. The first-order valence-electron chi connectivity index (χ1n) is 7.45. The molecular formula is C18H20O3. The van der Waals surface area contributed by atoms with Crippen LogP contribution in [0.3, 0.4) is 0 Å². The normalized spacial score (nSPS) is 15.0. The molecule has 110 valence electrons. The van der Waals surface area contributed by atoms with Crippen LogP contribution in [0.4, 0.5) is 0 Å². The topological polar surface area (TPSA) is 38.7 Å². The number of aryl methyl sites for hydroxylation is 1. The van der Waals surface area contributed by atoms with Gasteiger partial charge in [0.25, 0.3) is 0 Å². The Morgan fingerprint density at radius 1 is 1.24 bits per heavy atom. The van der Waals surface area contributed by atoms with Crippen LogP contribution in [-0.4, -0.2) is 18.3 Å². The van der Waals surface area contributed by atoms with Crippen molar-refractivity contribution in [3.05, 3.63) is 59.2 Å². The lowest BCUT2D eigenvalue weighted by Crippen LogP contribution is -2.12. The lowest BCUT2D eigenvalue weighted by atomic mass is 9.95. The van der Waals surface area contributed by atoms with Crippen molar-refractivity contribution >= 4 is 0 Å². The number of para-hydroxylation sites is 1. The van der Waals surface area contributed by atoms with Crippen LogP contribution in [-0.2, 0) is 6.42 Å². The minimum absolute atomic E-state index is 0.614. The van der Waals surface area contributed by atoms with E-state index in [4.69, 9.17) is 9.47 Å². The van der Waals surface area contributed by atoms with Crippen molar-refractivity contribution in [1.29, 1.82) is 0 Å². The minimum Gasteiger partial charge on any atom is -0.494 e. The molecular weight excluding hydrogens is 264 g/mol. The van der Waals surface area contributed by atoms with E-state index in [1.165, 1.54) is 5.56 Å². The maximum Gasteiger partial charge on any atom is 0.128 e. The zero-order valence-corrected chi connectivity index (χ0v) is 12.2. The molecule has 0 saturated heterocycles. The van der Waals surface area contributed by atoms with Gasteiger partial charge in [-0.2, -0.15) is 0 Å². The minimum atomic E-state index is -0.696. The van der Waals surface area contributed by atoms with Crippen LogP contribution in [0.2, 0.25) is 0 Å². The van der Waals surface area contributed by atoms with Crippen LogP contribution in [0.1, 0.15) is 36.1 Å². The largest absolute Gasteiger partial charge is 0.494 e. The lowest BCUT2D eigenvalue weighted by molar-refractivity contribution is 0.206. The van der Waals surface area contributed by atoms with E-state index in [9.17, 15) is 5.11 Å². The van der Waals surface area contributed by atoms with Gasteiger partial charge in [0.15, 0.2) is 0 Å². The Morgan fingerprint density at radius 2 is 2.10 bits per heavy atom. The predicted molar refractivity (Wildman–Crippen MR) is 81.9 cm³/mol. The quantitative estimate of drug-likeness (QED) is 0.934. The van der Waals surface area contributed by atoms with Crippen molar-refractivity contribution in [2.75, 3.05) is 13.2 Å². The van der Waals surface area contributed by atoms with E-state index in [2.05, 4.69) is 6.07 Å². The Balaban J connectivity index is 1.95. The molecule has 0 bridgehead atoms. The highest BCUT2D eigenvalue weighted by molar-refractivity contribution is 5.47. The number of ether oxygens (including phenoxy) is 2. The molecule has 3 rings (SSSR count). The number of benzene rings is 2. The Hall–Kier alpha value is -2.00. The number of aliphatic hydroxyl groups is 1. The molecule has 0 saturated carbocycles. The summed E-state index contributed by atoms with van der Waals surface area (Å²) in [4.78, 5) is 0. The molecule has 1 aliphatic rings. The Bertz CT molecular complexity index is 622. The maximum atomic E-state index is 10.7. The van der Waals surface area contributed by atoms with Gasteiger partial charge in [-0.25, -0.2) is 0 Å². The molecule has 0 spiro atoms. The second-order valence-corrected chi connectivity index (χ2v) is 5.20. The van der Waals surface area contributed by atoms with Gasteiger partial charge in [0.05, 0.1) is 13.2 Å². The molecule has 0 aromatic heterocycles. The fraction of sp³-hybridized carbons (Fsp3) is 0.333. The molecule has 1 atom stereocenters. The standard InChI is InChI=1S/C18H20O3/c1-2-20-15-9-3-7-14(12-15)17(19)16-10-4-6-13-8-5-11-21-18(13)16/h3-4,6-7,9-10,12,17,19H,2,5,8,11H2,1H3. The average Bonchev–Trinajstić information content (AvgIpc) is 2.54. The van der Waals surface area contributed by atoms with E-state index in [1.807, 2.05) is 43.3 Å².